The lowest BCUT2D eigenvalue weighted by Gasteiger charge is -2.14. The predicted octanol–water partition coefficient (Wildman–Crippen LogP) is 3.67. The van der Waals surface area contributed by atoms with Gasteiger partial charge in [-0.25, -0.2) is 4.79 Å². The van der Waals surface area contributed by atoms with Gasteiger partial charge in [-0.15, -0.1) is 0 Å². The van der Waals surface area contributed by atoms with Gasteiger partial charge in [0.25, 0.3) is 0 Å². The van der Waals surface area contributed by atoms with Crippen LogP contribution >= 0.6 is 15.9 Å². The standard InChI is InChI=1S/C12H13BrF2O3/c1-3-17-11(16)10-8(6-13)4-7(2)5-9(10)18-12(14)15/h4-5,12H,3,6H2,1-2H3. The first-order valence-electron chi connectivity index (χ1n) is 5.31. The summed E-state index contributed by atoms with van der Waals surface area (Å²) in [6.07, 6.45) is 0. The highest BCUT2D eigenvalue weighted by atomic mass is 79.9. The molecule has 0 unspecified atom stereocenters. The molecule has 0 aromatic heterocycles. The number of hydrogen-bond donors (Lipinski definition) is 0. The van der Waals surface area contributed by atoms with Gasteiger partial charge in [0.15, 0.2) is 0 Å². The third-order valence-electron chi connectivity index (χ3n) is 2.17. The molecule has 0 amide bonds. The van der Waals surface area contributed by atoms with Gasteiger partial charge in [0.05, 0.1) is 6.61 Å². The van der Waals surface area contributed by atoms with Gasteiger partial charge in [-0.05, 0) is 31.0 Å². The summed E-state index contributed by atoms with van der Waals surface area (Å²) in [6, 6.07) is 3.11. The number of aryl methyl sites for hydroxylation is 1. The molecule has 0 aliphatic heterocycles. The molecule has 1 rings (SSSR count). The van der Waals surface area contributed by atoms with Crippen LogP contribution in [0.1, 0.15) is 28.4 Å². The van der Waals surface area contributed by atoms with E-state index < -0.39 is 12.6 Å². The third kappa shape index (κ3) is 3.66. The smallest absolute Gasteiger partial charge is 0.387 e. The maximum Gasteiger partial charge on any atom is 0.387 e. The van der Waals surface area contributed by atoms with Crippen LogP contribution in [0, 0.1) is 6.92 Å². The van der Waals surface area contributed by atoms with Gasteiger partial charge in [0, 0.05) is 5.33 Å². The highest BCUT2D eigenvalue weighted by Crippen LogP contribution is 2.28. The molecule has 3 nitrogen and oxygen atoms in total. The number of carbonyl (C=O) groups is 1. The number of hydrogen-bond acceptors (Lipinski definition) is 3. The number of carbonyl (C=O) groups excluding carboxylic acids is 1. The monoisotopic (exact) mass is 322 g/mol. The van der Waals surface area contributed by atoms with Gasteiger partial charge in [-0.1, -0.05) is 22.0 Å². The van der Waals surface area contributed by atoms with Gasteiger partial charge >= 0.3 is 12.6 Å². The Kier molecular flexibility index (Phi) is 5.53. The molecule has 100 valence electrons. The van der Waals surface area contributed by atoms with E-state index in [0.29, 0.717) is 10.9 Å². The Morgan fingerprint density at radius 3 is 2.61 bits per heavy atom. The van der Waals surface area contributed by atoms with Gasteiger partial charge in [-0.2, -0.15) is 8.78 Å². The van der Waals surface area contributed by atoms with Crippen molar-refractivity contribution in [3.05, 3.63) is 28.8 Å². The fourth-order valence-corrected chi connectivity index (χ4v) is 2.00. The topological polar surface area (TPSA) is 35.5 Å². The maximum absolute atomic E-state index is 12.3. The van der Waals surface area contributed by atoms with Crippen molar-refractivity contribution in [1.29, 1.82) is 0 Å². The van der Waals surface area contributed by atoms with E-state index in [1.54, 1.807) is 19.9 Å². The zero-order valence-electron chi connectivity index (χ0n) is 10.0. The molecular formula is C12H13BrF2O3. The Bertz CT molecular complexity index is 436. The minimum atomic E-state index is -2.98. The molecule has 0 bridgehead atoms. The molecule has 0 saturated carbocycles. The van der Waals surface area contributed by atoms with Crippen molar-refractivity contribution in [2.45, 2.75) is 25.8 Å². The summed E-state index contributed by atoms with van der Waals surface area (Å²) in [5.41, 5.74) is 1.33. The quantitative estimate of drug-likeness (QED) is 0.613. The summed E-state index contributed by atoms with van der Waals surface area (Å²) in [4.78, 5) is 11.8. The molecule has 0 N–H and O–H groups in total. The van der Waals surface area contributed by atoms with Crippen molar-refractivity contribution in [1.82, 2.24) is 0 Å². The summed E-state index contributed by atoms with van der Waals surface area (Å²) in [6.45, 7) is 0.568. The second-order valence-corrected chi connectivity index (χ2v) is 4.09. The first-order valence-corrected chi connectivity index (χ1v) is 6.43. The van der Waals surface area contributed by atoms with E-state index in [1.165, 1.54) is 6.07 Å². The maximum atomic E-state index is 12.3. The van der Waals surface area contributed by atoms with Crippen molar-refractivity contribution in [3.63, 3.8) is 0 Å². The Labute approximate surface area is 112 Å². The van der Waals surface area contributed by atoms with E-state index in [9.17, 15) is 13.6 Å². The van der Waals surface area contributed by atoms with Crippen molar-refractivity contribution in [2.24, 2.45) is 0 Å². The lowest BCUT2D eigenvalue weighted by atomic mass is 10.0. The minimum absolute atomic E-state index is 0.0413. The highest BCUT2D eigenvalue weighted by molar-refractivity contribution is 9.08. The van der Waals surface area contributed by atoms with Crippen molar-refractivity contribution in [2.75, 3.05) is 6.61 Å². The normalized spacial score (nSPS) is 10.6. The van der Waals surface area contributed by atoms with Gasteiger partial charge in [-0.3, -0.25) is 0 Å². The fraction of sp³-hybridized carbons (Fsp3) is 0.417. The molecular weight excluding hydrogens is 310 g/mol. The lowest BCUT2D eigenvalue weighted by molar-refractivity contribution is -0.0505. The Balaban J connectivity index is 3.27. The van der Waals surface area contributed by atoms with Gasteiger partial charge in [0.1, 0.15) is 11.3 Å². The van der Waals surface area contributed by atoms with Crippen LogP contribution < -0.4 is 4.74 Å². The summed E-state index contributed by atoms with van der Waals surface area (Å²) in [5, 5.41) is 0.350. The van der Waals surface area contributed by atoms with Crippen LogP contribution in [0.3, 0.4) is 0 Å². The summed E-state index contributed by atoms with van der Waals surface area (Å²) < 4.78 is 33.9. The molecule has 6 heteroatoms. The third-order valence-corrected chi connectivity index (χ3v) is 2.77. The van der Waals surface area contributed by atoms with Crippen LogP contribution in [0.2, 0.25) is 0 Å². The minimum Gasteiger partial charge on any atom is -0.462 e. The van der Waals surface area contributed by atoms with Crippen LogP contribution in [-0.2, 0) is 10.1 Å². The Morgan fingerprint density at radius 1 is 1.44 bits per heavy atom. The number of alkyl halides is 3. The van der Waals surface area contributed by atoms with Crippen LogP contribution in [-0.4, -0.2) is 19.2 Å². The van der Waals surface area contributed by atoms with Crippen LogP contribution in [0.5, 0.6) is 5.75 Å². The summed E-state index contributed by atoms with van der Waals surface area (Å²) in [7, 11) is 0. The Hall–Kier alpha value is -1.17. The second kappa shape index (κ2) is 6.68. The number of benzene rings is 1. The van der Waals surface area contributed by atoms with E-state index in [-0.39, 0.29) is 17.9 Å². The summed E-state index contributed by atoms with van der Waals surface area (Å²) in [5.74, 6) is -0.819. The van der Waals surface area contributed by atoms with E-state index in [2.05, 4.69) is 20.7 Å². The molecule has 0 saturated heterocycles. The van der Waals surface area contributed by atoms with Gasteiger partial charge in [0.2, 0.25) is 0 Å². The first kappa shape index (κ1) is 14.9. The van der Waals surface area contributed by atoms with E-state index in [0.717, 1.165) is 5.56 Å². The molecule has 0 aliphatic carbocycles. The SMILES string of the molecule is CCOC(=O)c1c(CBr)cc(C)cc1OC(F)F. The van der Waals surface area contributed by atoms with Gasteiger partial charge < -0.3 is 9.47 Å². The van der Waals surface area contributed by atoms with Crippen LogP contribution in [0.25, 0.3) is 0 Å². The van der Waals surface area contributed by atoms with Crippen molar-refractivity contribution in [3.8, 4) is 5.75 Å². The zero-order valence-corrected chi connectivity index (χ0v) is 11.6. The zero-order chi connectivity index (χ0) is 13.7. The number of halogens is 3. The van der Waals surface area contributed by atoms with E-state index >= 15 is 0 Å². The molecule has 0 fully saturated rings. The molecule has 0 aliphatic rings. The predicted molar refractivity (Wildman–Crippen MR) is 66.4 cm³/mol. The number of rotatable bonds is 5. The van der Waals surface area contributed by atoms with Crippen LogP contribution in [0.15, 0.2) is 12.1 Å². The highest BCUT2D eigenvalue weighted by Gasteiger charge is 2.21. The fourth-order valence-electron chi connectivity index (χ4n) is 1.56. The number of ether oxygens (including phenoxy) is 2. The van der Waals surface area contributed by atoms with E-state index in [4.69, 9.17) is 4.74 Å². The second-order valence-electron chi connectivity index (χ2n) is 3.53. The van der Waals surface area contributed by atoms with E-state index in [1.807, 2.05) is 0 Å². The molecule has 18 heavy (non-hydrogen) atoms. The average Bonchev–Trinajstić information content (AvgIpc) is 2.27. The van der Waals surface area contributed by atoms with Crippen LogP contribution in [0.4, 0.5) is 8.78 Å². The molecule has 0 spiro atoms. The first-order chi connectivity index (χ1) is 8.49. The van der Waals surface area contributed by atoms with Crippen molar-refractivity contribution >= 4 is 21.9 Å². The Morgan fingerprint density at radius 2 is 2.11 bits per heavy atom. The molecule has 0 heterocycles. The van der Waals surface area contributed by atoms with Crippen molar-refractivity contribution < 1.29 is 23.0 Å². The molecule has 0 radical (unpaired) electrons. The molecule has 1 aromatic carbocycles. The molecule has 0 atom stereocenters. The summed E-state index contributed by atoms with van der Waals surface area (Å²) >= 11 is 3.21. The lowest BCUT2D eigenvalue weighted by Crippen LogP contribution is -2.13. The molecule has 1 aromatic rings. The number of esters is 1. The average molecular weight is 323 g/mol. The largest absolute Gasteiger partial charge is 0.462 e.